The van der Waals surface area contributed by atoms with Crippen LogP contribution in [0.1, 0.15) is 41.6 Å². The molecule has 0 amide bonds. The average molecular weight is 195 g/mol. The normalized spacial score (nSPS) is 15.8. The molecule has 1 aromatic carbocycles. The highest BCUT2D eigenvalue weighted by Gasteiger charge is 2.25. The lowest BCUT2D eigenvalue weighted by atomic mass is 10.1. The number of hydrogen-bond acceptors (Lipinski definition) is 1. The third kappa shape index (κ3) is 1.75. The Morgan fingerprint density at radius 1 is 1.46 bits per heavy atom. The van der Waals surface area contributed by atoms with Crippen LogP contribution < -0.4 is 0 Å². The lowest BCUT2D eigenvalue weighted by molar-refractivity contribution is 0.101. The van der Waals surface area contributed by atoms with Gasteiger partial charge in [0.1, 0.15) is 0 Å². The maximum atomic E-state index is 11.0. The second-order valence-corrected chi connectivity index (χ2v) is 3.97. The summed E-state index contributed by atoms with van der Waals surface area (Å²) in [5.41, 5.74) is 1.90. The maximum Gasteiger partial charge on any atom is 0.159 e. The van der Waals surface area contributed by atoms with Crippen LogP contribution in [0.3, 0.4) is 0 Å². The fraction of sp³-hybridized carbons (Fsp3) is 0.364. The smallest absolute Gasteiger partial charge is 0.159 e. The molecule has 1 nitrogen and oxygen atoms in total. The van der Waals surface area contributed by atoms with Crippen molar-refractivity contribution in [3.8, 4) is 0 Å². The van der Waals surface area contributed by atoms with E-state index in [4.69, 9.17) is 11.6 Å². The second kappa shape index (κ2) is 3.15. The summed E-state index contributed by atoms with van der Waals surface area (Å²) in [4.78, 5) is 11.0. The summed E-state index contributed by atoms with van der Waals surface area (Å²) < 4.78 is 0. The van der Waals surface area contributed by atoms with Gasteiger partial charge in [-0.05, 0) is 37.3 Å². The highest BCUT2D eigenvalue weighted by atomic mass is 35.5. The summed E-state index contributed by atoms with van der Waals surface area (Å²) in [5.74, 6) is 0.720. The van der Waals surface area contributed by atoms with Crippen molar-refractivity contribution in [2.45, 2.75) is 25.7 Å². The Morgan fingerprint density at radius 2 is 2.15 bits per heavy atom. The van der Waals surface area contributed by atoms with Crippen molar-refractivity contribution >= 4 is 17.4 Å². The summed E-state index contributed by atoms with van der Waals surface area (Å²) in [7, 11) is 0. The Labute approximate surface area is 82.7 Å². The molecule has 2 rings (SSSR count). The van der Waals surface area contributed by atoms with Crippen LogP contribution >= 0.6 is 11.6 Å². The molecule has 1 aromatic rings. The molecule has 0 spiro atoms. The molecule has 13 heavy (non-hydrogen) atoms. The van der Waals surface area contributed by atoms with Gasteiger partial charge in [0.15, 0.2) is 5.78 Å². The van der Waals surface area contributed by atoms with Gasteiger partial charge in [-0.2, -0.15) is 0 Å². The first-order valence-electron chi connectivity index (χ1n) is 4.49. The molecule has 0 radical (unpaired) electrons. The van der Waals surface area contributed by atoms with Crippen LogP contribution in [0.4, 0.5) is 0 Å². The third-order valence-corrected chi connectivity index (χ3v) is 2.75. The van der Waals surface area contributed by atoms with Crippen LogP contribution in [0.5, 0.6) is 0 Å². The number of carbonyl (C=O) groups excluding carboxylic acids is 1. The molecule has 0 N–H and O–H groups in total. The van der Waals surface area contributed by atoms with Gasteiger partial charge >= 0.3 is 0 Å². The number of carbonyl (C=O) groups is 1. The van der Waals surface area contributed by atoms with Crippen LogP contribution in [0, 0.1) is 0 Å². The van der Waals surface area contributed by atoms with Gasteiger partial charge in [-0.25, -0.2) is 0 Å². The first-order valence-corrected chi connectivity index (χ1v) is 4.86. The van der Waals surface area contributed by atoms with E-state index in [0.717, 1.165) is 5.02 Å². The fourth-order valence-electron chi connectivity index (χ4n) is 1.47. The molecule has 0 saturated heterocycles. The first-order chi connectivity index (χ1) is 6.18. The maximum absolute atomic E-state index is 11.0. The number of Topliss-reactive ketones (excluding diaryl/α,β-unsaturated/α-hetero) is 1. The van der Waals surface area contributed by atoms with Gasteiger partial charge in [0.05, 0.1) is 0 Å². The monoisotopic (exact) mass is 194 g/mol. The fourth-order valence-corrected chi connectivity index (χ4v) is 1.81. The Bertz CT molecular complexity index is 353. The van der Waals surface area contributed by atoms with Crippen LogP contribution in [0.15, 0.2) is 18.2 Å². The topological polar surface area (TPSA) is 17.1 Å². The minimum Gasteiger partial charge on any atom is -0.295 e. The Hall–Kier alpha value is -0.820. The highest BCUT2D eigenvalue weighted by molar-refractivity contribution is 6.31. The summed E-state index contributed by atoms with van der Waals surface area (Å²) >= 11 is 6.06. The van der Waals surface area contributed by atoms with Crippen LogP contribution in [-0.4, -0.2) is 5.78 Å². The molecule has 68 valence electrons. The zero-order valence-corrected chi connectivity index (χ0v) is 8.27. The van der Waals surface area contributed by atoms with Crippen LogP contribution in [-0.2, 0) is 0 Å². The SMILES string of the molecule is CC(=O)c1ccc(C2CC2)c(Cl)c1. The summed E-state index contributed by atoms with van der Waals surface area (Å²) in [6, 6.07) is 5.62. The van der Waals surface area contributed by atoms with Crippen molar-refractivity contribution < 1.29 is 4.79 Å². The Kier molecular flexibility index (Phi) is 2.12. The van der Waals surface area contributed by atoms with Crippen LogP contribution in [0.2, 0.25) is 5.02 Å². The van der Waals surface area contributed by atoms with E-state index in [1.165, 1.54) is 18.4 Å². The summed E-state index contributed by atoms with van der Waals surface area (Å²) in [6.07, 6.45) is 2.47. The molecule has 1 saturated carbocycles. The molecule has 0 aliphatic heterocycles. The van der Waals surface area contributed by atoms with Gasteiger partial charge in [0.2, 0.25) is 0 Å². The van der Waals surface area contributed by atoms with Gasteiger partial charge in [-0.3, -0.25) is 4.79 Å². The van der Waals surface area contributed by atoms with E-state index in [0.29, 0.717) is 11.5 Å². The zero-order valence-electron chi connectivity index (χ0n) is 7.51. The molecule has 0 atom stereocenters. The number of rotatable bonds is 2. The zero-order chi connectivity index (χ0) is 9.42. The number of ketones is 1. The number of halogens is 1. The van der Waals surface area contributed by atoms with Crippen LogP contribution in [0.25, 0.3) is 0 Å². The lowest BCUT2D eigenvalue weighted by Crippen LogP contribution is -1.92. The van der Waals surface area contributed by atoms with E-state index in [1.54, 1.807) is 13.0 Å². The van der Waals surface area contributed by atoms with E-state index in [-0.39, 0.29) is 5.78 Å². The molecule has 0 heterocycles. The highest BCUT2D eigenvalue weighted by Crippen LogP contribution is 2.43. The van der Waals surface area contributed by atoms with Crippen molar-refractivity contribution in [2.24, 2.45) is 0 Å². The standard InChI is InChI=1S/C11H11ClO/c1-7(13)9-4-5-10(8-2-3-8)11(12)6-9/h4-6,8H,2-3H2,1H3. The summed E-state index contributed by atoms with van der Waals surface area (Å²) in [5, 5.41) is 0.746. The first kappa shape index (κ1) is 8.76. The predicted octanol–water partition coefficient (Wildman–Crippen LogP) is 3.42. The minimum absolute atomic E-state index is 0.0734. The molecular weight excluding hydrogens is 184 g/mol. The molecule has 1 aliphatic rings. The van der Waals surface area contributed by atoms with E-state index < -0.39 is 0 Å². The van der Waals surface area contributed by atoms with E-state index in [1.807, 2.05) is 12.1 Å². The Balaban J connectivity index is 2.36. The van der Waals surface area contributed by atoms with Gasteiger partial charge in [-0.15, -0.1) is 0 Å². The van der Waals surface area contributed by atoms with E-state index in [9.17, 15) is 4.79 Å². The minimum atomic E-state index is 0.0734. The second-order valence-electron chi connectivity index (χ2n) is 3.57. The van der Waals surface area contributed by atoms with Crippen molar-refractivity contribution in [3.05, 3.63) is 34.3 Å². The number of benzene rings is 1. The van der Waals surface area contributed by atoms with Gasteiger partial charge in [0.25, 0.3) is 0 Å². The lowest BCUT2D eigenvalue weighted by Gasteiger charge is -2.03. The van der Waals surface area contributed by atoms with Crippen molar-refractivity contribution in [2.75, 3.05) is 0 Å². The van der Waals surface area contributed by atoms with Crippen molar-refractivity contribution in [1.82, 2.24) is 0 Å². The molecule has 1 fully saturated rings. The van der Waals surface area contributed by atoms with Gasteiger partial charge in [0, 0.05) is 10.6 Å². The van der Waals surface area contributed by atoms with Gasteiger partial charge < -0.3 is 0 Å². The molecular formula is C11H11ClO. The largest absolute Gasteiger partial charge is 0.295 e. The molecule has 0 aromatic heterocycles. The third-order valence-electron chi connectivity index (χ3n) is 2.42. The van der Waals surface area contributed by atoms with Crippen molar-refractivity contribution in [1.29, 1.82) is 0 Å². The summed E-state index contributed by atoms with van der Waals surface area (Å²) in [6.45, 7) is 1.56. The van der Waals surface area contributed by atoms with Gasteiger partial charge in [-0.1, -0.05) is 23.7 Å². The predicted molar refractivity (Wildman–Crippen MR) is 53.4 cm³/mol. The Morgan fingerprint density at radius 3 is 2.62 bits per heavy atom. The van der Waals surface area contributed by atoms with E-state index in [2.05, 4.69) is 0 Å². The molecule has 0 bridgehead atoms. The van der Waals surface area contributed by atoms with Crippen molar-refractivity contribution in [3.63, 3.8) is 0 Å². The molecule has 2 heteroatoms. The molecule has 1 aliphatic carbocycles. The molecule has 0 unspecified atom stereocenters. The van der Waals surface area contributed by atoms with E-state index >= 15 is 0 Å². The average Bonchev–Trinajstić information content (AvgIpc) is 2.87. The number of hydrogen-bond donors (Lipinski definition) is 0. The quantitative estimate of drug-likeness (QED) is 0.660.